The second-order valence-electron chi connectivity index (χ2n) is 5.26. The number of halogens is 1. The normalized spacial score (nSPS) is 23.7. The molecule has 2 aliphatic rings. The van der Waals surface area contributed by atoms with Crippen LogP contribution >= 0.6 is 15.9 Å². The number of aromatic nitrogens is 2. The van der Waals surface area contributed by atoms with E-state index in [0.717, 1.165) is 30.7 Å². The molecule has 0 unspecified atom stereocenters. The van der Waals surface area contributed by atoms with Crippen molar-refractivity contribution in [3.05, 3.63) is 16.4 Å². The minimum Gasteiger partial charge on any atom is -0.334 e. The van der Waals surface area contributed by atoms with Gasteiger partial charge in [-0.15, -0.1) is 0 Å². The first-order chi connectivity index (χ1) is 9.19. The predicted octanol–water partition coefficient (Wildman–Crippen LogP) is 1.59. The zero-order valence-corrected chi connectivity index (χ0v) is 12.8. The van der Waals surface area contributed by atoms with Gasteiger partial charge in [0.15, 0.2) is 5.69 Å². The number of nitrogens with zero attached hydrogens (tertiary/aromatic N) is 4. The van der Waals surface area contributed by atoms with Crippen molar-refractivity contribution in [2.45, 2.75) is 32.4 Å². The van der Waals surface area contributed by atoms with Gasteiger partial charge in [0, 0.05) is 38.4 Å². The molecule has 19 heavy (non-hydrogen) atoms. The summed E-state index contributed by atoms with van der Waals surface area (Å²) in [6.45, 7) is 6.67. The number of aryl methyl sites for hydroxylation is 1. The van der Waals surface area contributed by atoms with Crippen molar-refractivity contribution < 1.29 is 4.79 Å². The van der Waals surface area contributed by atoms with Crippen LogP contribution in [0.25, 0.3) is 0 Å². The Kier molecular flexibility index (Phi) is 3.62. The number of piperazine rings is 1. The number of carbonyl (C=O) groups is 1. The largest absolute Gasteiger partial charge is 0.334 e. The zero-order chi connectivity index (χ0) is 13.4. The molecule has 0 bridgehead atoms. The van der Waals surface area contributed by atoms with E-state index in [1.807, 2.05) is 18.0 Å². The van der Waals surface area contributed by atoms with Crippen molar-refractivity contribution in [1.82, 2.24) is 19.6 Å². The molecule has 3 rings (SSSR count). The lowest BCUT2D eigenvalue weighted by Gasteiger charge is -2.37. The standard InChI is InChI=1S/C13H19BrN4O/c1-2-18-9-11(14)12(15-18)13(19)17-7-6-16-5-3-4-10(16)8-17/h9-10H,2-8H2,1H3/t10-/m0/s1. The van der Waals surface area contributed by atoms with E-state index in [0.29, 0.717) is 11.7 Å². The van der Waals surface area contributed by atoms with E-state index in [-0.39, 0.29) is 5.91 Å². The third-order valence-corrected chi connectivity index (χ3v) is 4.70. The SMILES string of the molecule is CCn1cc(Br)c(C(=O)N2CCN3CCC[C@H]3C2)n1. The molecule has 0 aliphatic carbocycles. The minimum absolute atomic E-state index is 0.0608. The Balaban J connectivity index is 1.74. The Bertz CT molecular complexity index is 487. The number of carbonyl (C=O) groups excluding carboxylic acids is 1. The van der Waals surface area contributed by atoms with Crippen molar-refractivity contribution in [2.75, 3.05) is 26.2 Å². The summed E-state index contributed by atoms with van der Waals surface area (Å²) in [5.41, 5.74) is 0.549. The highest BCUT2D eigenvalue weighted by Gasteiger charge is 2.33. The maximum Gasteiger partial charge on any atom is 0.275 e. The topological polar surface area (TPSA) is 41.4 Å². The molecule has 5 nitrogen and oxygen atoms in total. The van der Waals surface area contributed by atoms with Crippen molar-refractivity contribution >= 4 is 21.8 Å². The molecular formula is C13H19BrN4O. The molecule has 0 saturated carbocycles. The van der Waals surface area contributed by atoms with Gasteiger partial charge in [0.25, 0.3) is 5.91 Å². The summed E-state index contributed by atoms with van der Waals surface area (Å²) in [5.74, 6) is 0.0608. The highest BCUT2D eigenvalue weighted by Crippen LogP contribution is 2.24. The Hall–Kier alpha value is -0.880. The first kappa shape index (κ1) is 13.1. The summed E-state index contributed by atoms with van der Waals surface area (Å²) in [6.07, 6.45) is 4.36. The van der Waals surface area contributed by atoms with Crippen LogP contribution in [0.5, 0.6) is 0 Å². The molecule has 2 fully saturated rings. The molecule has 2 aliphatic heterocycles. The third kappa shape index (κ3) is 2.43. The van der Waals surface area contributed by atoms with E-state index in [1.54, 1.807) is 4.68 Å². The molecule has 0 radical (unpaired) electrons. The predicted molar refractivity (Wildman–Crippen MR) is 76.1 cm³/mol. The Morgan fingerprint density at radius 3 is 3.05 bits per heavy atom. The lowest BCUT2D eigenvalue weighted by Crippen LogP contribution is -2.52. The van der Waals surface area contributed by atoms with E-state index in [2.05, 4.69) is 25.9 Å². The van der Waals surface area contributed by atoms with Gasteiger partial charge < -0.3 is 4.90 Å². The lowest BCUT2D eigenvalue weighted by atomic mass is 10.1. The molecule has 104 valence electrons. The second kappa shape index (κ2) is 5.25. The molecular weight excluding hydrogens is 308 g/mol. The van der Waals surface area contributed by atoms with Gasteiger partial charge in [-0.1, -0.05) is 0 Å². The number of amides is 1. The Morgan fingerprint density at radius 1 is 1.47 bits per heavy atom. The van der Waals surface area contributed by atoms with Crippen LogP contribution in [0.1, 0.15) is 30.3 Å². The van der Waals surface area contributed by atoms with Gasteiger partial charge in [-0.05, 0) is 42.2 Å². The molecule has 0 aromatic carbocycles. The maximum atomic E-state index is 12.5. The van der Waals surface area contributed by atoms with Crippen LogP contribution in [0.2, 0.25) is 0 Å². The number of fused-ring (bicyclic) bond motifs is 1. The van der Waals surface area contributed by atoms with E-state index < -0.39 is 0 Å². The molecule has 1 amide bonds. The van der Waals surface area contributed by atoms with Crippen molar-refractivity contribution in [1.29, 1.82) is 0 Å². The molecule has 0 N–H and O–H groups in total. The van der Waals surface area contributed by atoms with Gasteiger partial charge in [0.05, 0.1) is 4.47 Å². The summed E-state index contributed by atoms with van der Waals surface area (Å²) in [5, 5.41) is 4.35. The molecule has 3 heterocycles. The third-order valence-electron chi connectivity index (χ3n) is 4.12. The molecule has 0 spiro atoms. The fourth-order valence-electron chi connectivity index (χ4n) is 3.03. The fraction of sp³-hybridized carbons (Fsp3) is 0.692. The Labute approximate surface area is 121 Å². The number of hydrogen-bond donors (Lipinski definition) is 0. The van der Waals surface area contributed by atoms with Gasteiger partial charge in [0.2, 0.25) is 0 Å². The van der Waals surface area contributed by atoms with Gasteiger partial charge in [-0.3, -0.25) is 14.4 Å². The van der Waals surface area contributed by atoms with E-state index in [4.69, 9.17) is 0 Å². The summed E-state index contributed by atoms with van der Waals surface area (Å²) >= 11 is 3.44. The van der Waals surface area contributed by atoms with Gasteiger partial charge >= 0.3 is 0 Å². The van der Waals surface area contributed by atoms with Crippen LogP contribution in [0, 0.1) is 0 Å². The molecule has 2 saturated heterocycles. The van der Waals surface area contributed by atoms with Gasteiger partial charge in [-0.25, -0.2) is 0 Å². The molecule has 1 aromatic heterocycles. The van der Waals surface area contributed by atoms with Crippen LogP contribution in [-0.2, 0) is 6.54 Å². The number of rotatable bonds is 2. The quantitative estimate of drug-likeness (QED) is 0.828. The van der Waals surface area contributed by atoms with Crippen molar-refractivity contribution in [3.8, 4) is 0 Å². The summed E-state index contributed by atoms with van der Waals surface area (Å²) < 4.78 is 2.59. The Morgan fingerprint density at radius 2 is 2.32 bits per heavy atom. The average Bonchev–Trinajstić information content (AvgIpc) is 3.02. The smallest absolute Gasteiger partial charge is 0.275 e. The van der Waals surface area contributed by atoms with E-state index in [9.17, 15) is 4.79 Å². The van der Waals surface area contributed by atoms with Gasteiger partial charge in [-0.2, -0.15) is 5.10 Å². The van der Waals surface area contributed by atoms with Crippen molar-refractivity contribution in [2.24, 2.45) is 0 Å². The monoisotopic (exact) mass is 326 g/mol. The lowest BCUT2D eigenvalue weighted by molar-refractivity contribution is 0.0564. The molecule has 1 aromatic rings. The summed E-state index contributed by atoms with van der Waals surface area (Å²) in [4.78, 5) is 17.0. The van der Waals surface area contributed by atoms with E-state index in [1.165, 1.54) is 19.4 Å². The van der Waals surface area contributed by atoms with Crippen LogP contribution in [0.4, 0.5) is 0 Å². The second-order valence-corrected chi connectivity index (χ2v) is 6.12. The molecule has 1 atom stereocenters. The summed E-state index contributed by atoms with van der Waals surface area (Å²) in [7, 11) is 0. The van der Waals surface area contributed by atoms with Crippen LogP contribution in [0.15, 0.2) is 10.7 Å². The van der Waals surface area contributed by atoms with Gasteiger partial charge in [0.1, 0.15) is 0 Å². The highest BCUT2D eigenvalue weighted by molar-refractivity contribution is 9.10. The molecule has 6 heteroatoms. The van der Waals surface area contributed by atoms with E-state index >= 15 is 0 Å². The first-order valence-electron chi connectivity index (χ1n) is 6.95. The maximum absolute atomic E-state index is 12.5. The van der Waals surface area contributed by atoms with Crippen LogP contribution < -0.4 is 0 Å². The van der Waals surface area contributed by atoms with Crippen molar-refractivity contribution in [3.63, 3.8) is 0 Å². The number of hydrogen-bond acceptors (Lipinski definition) is 3. The summed E-state index contributed by atoms with van der Waals surface area (Å²) in [6, 6.07) is 0.560. The average molecular weight is 327 g/mol. The zero-order valence-electron chi connectivity index (χ0n) is 11.2. The fourth-order valence-corrected chi connectivity index (χ4v) is 3.51. The first-order valence-corrected chi connectivity index (χ1v) is 7.74. The van der Waals surface area contributed by atoms with Crippen LogP contribution in [-0.4, -0.2) is 57.7 Å². The highest BCUT2D eigenvalue weighted by atomic mass is 79.9. The minimum atomic E-state index is 0.0608. The van der Waals surface area contributed by atoms with Crippen LogP contribution in [0.3, 0.4) is 0 Å².